The van der Waals surface area contributed by atoms with Crippen molar-refractivity contribution in [1.29, 1.82) is 0 Å². The van der Waals surface area contributed by atoms with E-state index in [0.717, 1.165) is 122 Å². The van der Waals surface area contributed by atoms with Gasteiger partial charge in [0, 0.05) is 19.3 Å². The first-order valence-electron chi connectivity index (χ1n) is 25.6. The topological polar surface area (TPSA) is 78.9 Å². The van der Waals surface area contributed by atoms with Gasteiger partial charge in [-0.05, 0) is 89.9 Å². The number of hydrogen-bond acceptors (Lipinski definition) is 6. The van der Waals surface area contributed by atoms with Crippen molar-refractivity contribution in [3.63, 3.8) is 0 Å². The fourth-order valence-electron chi connectivity index (χ4n) is 6.78. The fraction of sp³-hybridized carbons (Fsp3) is 0.696. The molecule has 0 heterocycles. The third-order valence-corrected chi connectivity index (χ3v) is 10.6. The van der Waals surface area contributed by atoms with Gasteiger partial charge in [-0.2, -0.15) is 0 Å². The van der Waals surface area contributed by atoms with Crippen LogP contribution in [0.3, 0.4) is 0 Å². The Bertz CT molecular complexity index is 1220. The molecular weight excluding hydrogens is 769 g/mol. The summed E-state index contributed by atoms with van der Waals surface area (Å²) in [5, 5.41) is 0. The van der Waals surface area contributed by atoms with Gasteiger partial charge >= 0.3 is 17.9 Å². The van der Waals surface area contributed by atoms with E-state index in [-0.39, 0.29) is 31.1 Å². The summed E-state index contributed by atoms with van der Waals surface area (Å²) in [4.78, 5) is 37.8. The van der Waals surface area contributed by atoms with E-state index >= 15 is 0 Å². The zero-order valence-electron chi connectivity index (χ0n) is 40.4. The third kappa shape index (κ3) is 47.6. The Balaban J connectivity index is 4.34. The minimum absolute atomic E-state index is 0.0873. The molecule has 6 nitrogen and oxygen atoms in total. The smallest absolute Gasteiger partial charge is 0.306 e. The monoisotopic (exact) mass is 863 g/mol. The average Bonchev–Trinajstić information content (AvgIpc) is 3.27. The maximum absolute atomic E-state index is 12.7. The van der Waals surface area contributed by atoms with Crippen molar-refractivity contribution >= 4 is 17.9 Å². The van der Waals surface area contributed by atoms with Crippen LogP contribution in [0.2, 0.25) is 0 Å². The Morgan fingerprint density at radius 3 is 1.05 bits per heavy atom. The van der Waals surface area contributed by atoms with Crippen LogP contribution in [0.5, 0.6) is 0 Å². The Hall–Kier alpha value is -3.41. The highest BCUT2D eigenvalue weighted by Crippen LogP contribution is 2.14. The predicted octanol–water partition coefficient (Wildman–Crippen LogP) is 16.8. The van der Waals surface area contributed by atoms with Gasteiger partial charge in [-0.25, -0.2) is 0 Å². The van der Waals surface area contributed by atoms with Crippen LogP contribution in [0.25, 0.3) is 0 Å². The lowest BCUT2D eigenvalue weighted by Crippen LogP contribution is -2.30. The molecule has 62 heavy (non-hydrogen) atoms. The van der Waals surface area contributed by atoms with E-state index in [2.05, 4.69) is 106 Å². The van der Waals surface area contributed by atoms with Gasteiger partial charge < -0.3 is 14.2 Å². The molecule has 0 fully saturated rings. The molecule has 0 saturated carbocycles. The van der Waals surface area contributed by atoms with Crippen molar-refractivity contribution < 1.29 is 28.6 Å². The lowest BCUT2D eigenvalue weighted by molar-refractivity contribution is -0.167. The number of unbranched alkanes of at least 4 members (excludes halogenated alkanes) is 20. The number of carbonyl (C=O) groups is 3. The second-order valence-corrected chi connectivity index (χ2v) is 16.7. The Labute approximate surface area is 382 Å². The van der Waals surface area contributed by atoms with Gasteiger partial charge in [0.15, 0.2) is 6.10 Å². The molecule has 0 amide bonds. The molecule has 0 aromatic heterocycles. The Morgan fingerprint density at radius 2 is 0.645 bits per heavy atom. The number of allylic oxidation sites excluding steroid dienone is 14. The summed E-state index contributed by atoms with van der Waals surface area (Å²) >= 11 is 0. The summed E-state index contributed by atoms with van der Waals surface area (Å²) in [6.45, 7) is 6.43. The number of rotatable bonds is 45. The zero-order valence-corrected chi connectivity index (χ0v) is 40.4. The lowest BCUT2D eigenvalue weighted by atomic mass is 10.1. The van der Waals surface area contributed by atoms with Crippen LogP contribution in [0, 0.1) is 0 Å². The lowest BCUT2D eigenvalue weighted by Gasteiger charge is -2.18. The maximum Gasteiger partial charge on any atom is 0.306 e. The highest BCUT2D eigenvalue weighted by atomic mass is 16.6. The summed E-state index contributed by atoms with van der Waals surface area (Å²) < 4.78 is 16.7. The highest BCUT2D eigenvalue weighted by molar-refractivity contribution is 5.71. The van der Waals surface area contributed by atoms with Crippen LogP contribution in [0.4, 0.5) is 0 Å². The standard InChI is InChI=1S/C56H94O6/c1-4-7-10-13-16-19-22-23-24-25-26-27-28-29-30-31-32-33-35-37-40-43-46-49-55(58)61-52-53(51-60-54(57)48-45-42-39-36-21-18-15-12-9-6-3)62-56(59)50-47-44-41-38-34-20-17-14-11-8-5-2/h7,10,14,16-17,19,23-24,26-27,29-30,32-33,53H,4-6,8-9,11-13,15,18,20-22,25,28,31,34-52H2,1-3H3/b10-7-,17-14-,19-16-,24-23-,27-26-,30-29-,33-32-. The van der Waals surface area contributed by atoms with Crippen molar-refractivity contribution in [1.82, 2.24) is 0 Å². The molecule has 354 valence electrons. The number of esters is 3. The largest absolute Gasteiger partial charge is 0.462 e. The molecule has 1 unspecified atom stereocenters. The van der Waals surface area contributed by atoms with E-state index in [1.165, 1.54) is 70.6 Å². The van der Waals surface area contributed by atoms with Gasteiger partial charge in [0.1, 0.15) is 13.2 Å². The first-order valence-corrected chi connectivity index (χ1v) is 25.6. The van der Waals surface area contributed by atoms with Crippen LogP contribution < -0.4 is 0 Å². The summed E-state index contributed by atoms with van der Waals surface area (Å²) in [7, 11) is 0. The van der Waals surface area contributed by atoms with Crippen molar-refractivity contribution in [3.05, 3.63) is 85.1 Å². The van der Waals surface area contributed by atoms with Crippen molar-refractivity contribution in [3.8, 4) is 0 Å². The predicted molar refractivity (Wildman–Crippen MR) is 265 cm³/mol. The number of hydrogen-bond donors (Lipinski definition) is 0. The van der Waals surface area contributed by atoms with Gasteiger partial charge in [0.05, 0.1) is 0 Å². The van der Waals surface area contributed by atoms with E-state index in [9.17, 15) is 14.4 Å². The maximum atomic E-state index is 12.7. The molecule has 6 heteroatoms. The van der Waals surface area contributed by atoms with Gasteiger partial charge in [-0.3, -0.25) is 14.4 Å². The number of carbonyl (C=O) groups excluding carboxylic acids is 3. The van der Waals surface area contributed by atoms with E-state index in [4.69, 9.17) is 14.2 Å². The first-order chi connectivity index (χ1) is 30.5. The SMILES string of the molecule is CC/C=C\C/C=C\C/C=C\C/C=C\C/C=C\C/C=C\CCCCCCC(=O)OCC(COC(=O)CCCCCCCCCCCC)OC(=O)CCCCCCC/C=C\CCCC. The fourth-order valence-corrected chi connectivity index (χ4v) is 6.78. The summed E-state index contributed by atoms with van der Waals surface area (Å²) in [5.41, 5.74) is 0. The van der Waals surface area contributed by atoms with Gasteiger partial charge in [0.25, 0.3) is 0 Å². The first kappa shape index (κ1) is 58.6. The van der Waals surface area contributed by atoms with Crippen LogP contribution >= 0.6 is 0 Å². The average molecular weight is 863 g/mol. The summed E-state index contributed by atoms with van der Waals surface area (Å²) in [6, 6.07) is 0. The molecule has 0 bridgehead atoms. The quantitative estimate of drug-likeness (QED) is 0.0263. The molecule has 0 aliphatic heterocycles. The Kier molecular flexibility index (Phi) is 47.5. The molecule has 0 spiro atoms. The van der Waals surface area contributed by atoms with E-state index in [1.807, 2.05) is 0 Å². The van der Waals surface area contributed by atoms with Gasteiger partial charge in [0.2, 0.25) is 0 Å². The minimum Gasteiger partial charge on any atom is -0.462 e. The molecular formula is C56H94O6. The molecule has 0 aromatic carbocycles. The molecule has 0 aliphatic rings. The van der Waals surface area contributed by atoms with Crippen LogP contribution in [-0.2, 0) is 28.6 Å². The third-order valence-electron chi connectivity index (χ3n) is 10.6. The zero-order chi connectivity index (χ0) is 45.1. The molecule has 0 N–H and O–H groups in total. The normalized spacial score (nSPS) is 12.8. The van der Waals surface area contributed by atoms with Crippen molar-refractivity contribution in [2.45, 2.75) is 239 Å². The van der Waals surface area contributed by atoms with Gasteiger partial charge in [-0.1, -0.05) is 209 Å². The van der Waals surface area contributed by atoms with E-state index in [1.54, 1.807) is 0 Å². The molecule has 0 aliphatic carbocycles. The summed E-state index contributed by atoms with van der Waals surface area (Å²) in [5.74, 6) is -0.927. The molecule has 0 saturated heterocycles. The van der Waals surface area contributed by atoms with Crippen molar-refractivity contribution in [2.24, 2.45) is 0 Å². The summed E-state index contributed by atoms with van der Waals surface area (Å²) in [6.07, 6.45) is 64.3. The van der Waals surface area contributed by atoms with E-state index in [0.29, 0.717) is 19.3 Å². The molecule has 0 radical (unpaired) electrons. The van der Waals surface area contributed by atoms with Crippen LogP contribution in [0.15, 0.2) is 85.1 Å². The Morgan fingerprint density at radius 1 is 0.339 bits per heavy atom. The highest BCUT2D eigenvalue weighted by Gasteiger charge is 2.19. The van der Waals surface area contributed by atoms with Crippen molar-refractivity contribution in [2.75, 3.05) is 13.2 Å². The second-order valence-electron chi connectivity index (χ2n) is 16.7. The van der Waals surface area contributed by atoms with Crippen LogP contribution in [0.1, 0.15) is 233 Å². The van der Waals surface area contributed by atoms with Gasteiger partial charge in [-0.15, -0.1) is 0 Å². The molecule has 0 rings (SSSR count). The second kappa shape index (κ2) is 50.2. The molecule has 0 aromatic rings. The van der Waals surface area contributed by atoms with Crippen LogP contribution in [-0.4, -0.2) is 37.2 Å². The van der Waals surface area contributed by atoms with E-state index < -0.39 is 6.10 Å². The number of ether oxygens (including phenoxy) is 3. The molecule has 1 atom stereocenters. The minimum atomic E-state index is -0.788.